The maximum Gasteiger partial charge on any atom is 0.333 e. The molecule has 2 N–H and O–H groups in total. The number of aromatic nitrogens is 2. The highest BCUT2D eigenvalue weighted by Crippen LogP contribution is 2.17. The van der Waals surface area contributed by atoms with Gasteiger partial charge in [0.25, 0.3) is 5.56 Å². The maximum absolute atomic E-state index is 12.5. The van der Waals surface area contributed by atoms with Gasteiger partial charge in [-0.3, -0.25) is 4.79 Å². The number of hydrogen-bond donors (Lipinski definition) is 2. The zero-order chi connectivity index (χ0) is 15.0. The number of ether oxygens (including phenoxy) is 1. The molecule has 106 valence electrons. The fourth-order valence-corrected chi connectivity index (χ4v) is 2.19. The van der Waals surface area contributed by atoms with Gasteiger partial charge in [-0.1, -0.05) is 6.07 Å². The SMILES string of the molecule is COc1ccc2c(=O)n(-c3cccc(O)c3)c(=O)[nH]c2c1. The van der Waals surface area contributed by atoms with Gasteiger partial charge in [-0.25, -0.2) is 9.36 Å². The van der Waals surface area contributed by atoms with E-state index in [9.17, 15) is 14.7 Å². The summed E-state index contributed by atoms with van der Waals surface area (Å²) in [6.07, 6.45) is 0. The molecule has 0 saturated carbocycles. The van der Waals surface area contributed by atoms with Crippen molar-refractivity contribution in [3.05, 3.63) is 63.3 Å². The Hall–Kier alpha value is -3.02. The van der Waals surface area contributed by atoms with Crippen LogP contribution in [-0.4, -0.2) is 21.8 Å². The highest BCUT2D eigenvalue weighted by molar-refractivity contribution is 5.79. The summed E-state index contributed by atoms with van der Waals surface area (Å²) in [5, 5.41) is 9.85. The van der Waals surface area contributed by atoms with Crippen LogP contribution >= 0.6 is 0 Å². The predicted octanol–water partition coefficient (Wildman–Crippen LogP) is 1.39. The van der Waals surface area contributed by atoms with E-state index in [1.165, 1.54) is 19.2 Å². The first kappa shape index (κ1) is 13.0. The molecule has 2 aromatic carbocycles. The number of rotatable bonds is 2. The second-order valence-corrected chi connectivity index (χ2v) is 4.50. The first-order valence-corrected chi connectivity index (χ1v) is 6.22. The van der Waals surface area contributed by atoms with Gasteiger partial charge in [0.1, 0.15) is 11.5 Å². The van der Waals surface area contributed by atoms with Crippen LogP contribution in [0.1, 0.15) is 0 Å². The zero-order valence-electron chi connectivity index (χ0n) is 11.2. The van der Waals surface area contributed by atoms with E-state index in [4.69, 9.17) is 4.74 Å². The molecule has 1 aromatic heterocycles. The molecular formula is C15H12N2O4. The number of nitrogens with zero attached hydrogens (tertiary/aromatic N) is 1. The van der Waals surface area contributed by atoms with Gasteiger partial charge in [0.15, 0.2) is 0 Å². The summed E-state index contributed by atoms with van der Waals surface area (Å²) in [4.78, 5) is 27.3. The van der Waals surface area contributed by atoms with Crippen LogP contribution in [0.4, 0.5) is 0 Å². The monoisotopic (exact) mass is 284 g/mol. The van der Waals surface area contributed by atoms with Crippen LogP contribution in [0, 0.1) is 0 Å². The van der Waals surface area contributed by atoms with Crippen LogP contribution in [0.3, 0.4) is 0 Å². The van der Waals surface area contributed by atoms with Crippen molar-refractivity contribution in [2.75, 3.05) is 7.11 Å². The number of aromatic amines is 1. The van der Waals surface area contributed by atoms with Crippen molar-refractivity contribution in [1.29, 1.82) is 0 Å². The molecule has 3 rings (SSSR count). The topological polar surface area (TPSA) is 84.3 Å². The Morgan fingerprint density at radius 2 is 1.95 bits per heavy atom. The number of methoxy groups -OCH3 is 1. The fourth-order valence-electron chi connectivity index (χ4n) is 2.19. The van der Waals surface area contributed by atoms with Gasteiger partial charge in [-0.15, -0.1) is 0 Å². The van der Waals surface area contributed by atoms with Crippen LogP contribution in [0.25, 0.3) is 16.6 Å². The predicted molar refractivity (Wildman–Crippen MR) is 78.4 cm³/mol. The number of aromatic hydroxyl groups is 1. The van der Waals surface area contributed by atoms with E-state index in [0.717, 1.165) is 4.57 Å². The maximum atomic E-state index is 12.5. The molecule has 0 aliphatic carbocycles. The van der Waals surface area contributed by atoms with Crippen molar-refractivity contribution < 1.29 is 9.84 Å². The summed E-state index contributed by atoms with van der Waals surface area (Å²) in [5.74, 6) is 0.529. The number of nitrogens with one attached hydrogen (secondary N) is 1. The molecule has 0 saturated heterocycles. The lowest BCUT2D eigenvalue weighted by Gasteiger charge is -2.07. The number of hydrogen-bond acceptors (Lipinski definition) is 4. The lowest BCUT2D eigenvalue weighted by atomic mass is 10.2. The largest absolute Gasteiger partial charge is 0.508 e. The van der Waals surface area contributed by atoms with Gasteiger partial charge in [-0.2, -0.15) is 0 Å². The highest BCUT2D eigenvalue weighted by Gasteiger charge is 2.10. The van der Waals surface area contributed by atoms with Crippen molar-refractivity contribution in [2.24, 2.45) is 0 Å². The number of phenolic OH excluding ortho intramolecular Hbond substituents is 1. The standard InChI is InChI=1S/C15H12N2O4/c1-21-11-5-6-12-13(8-11)16-15(20)17(14(12)19)9-3-2-4-10(18)7-9/h2-8,18H,1H3,(H,16,20). The zero-order valence-corrected chi connectivity index (χ0v) is 11.2. The van der Waals surface area contributed by atoms with Crippen molar-refractivity contribution in [3.63, 3.8) is 0 Å². The van der Waals surface area contributed by atoms with Gasteiger partial charge in [0.2, 0.25) is 0 Å². The van der Waals surface area contributed by atoms with Gasteiger partial charge in [-0.05, 0) is 24.3 Å². The van der Waals surface area contributed by atoms with E-state index in [-0.39, 0.29) is 5.75 Å². The van der Waals surface area contributed by atoms with Gasteiger partial charge in [0.05, 0.1) is 23.7 Å². The minimum atomic E-state index is -0.577. The van der Waals surface area contributed by atoms with Crippen LogP contribution in [0.5, 0.6) is 11.5 Å². The fraction of sp³-hybridized carbons (Fsp3) is 0.0667. The summed E-state index contributed by atoms with van der Waals surface area (Å²) in [5.41, 5.74) is -0.326. The molecule has 6 heteroatoms. The van der Waals surface area contributed by atoms with Crippen molar-refractivity contribution in [3.8, 4) is 17.2 Å². The summed E-state index contributed by atoms with van der Waals surface area (Å²) in [6, 6.07) is 10.8. The van der Waals surface area contributed by atoms with E-state index in [0.29, 0.717) is 22.3 Å². The summed E-state index contributed by atoms with van der Waals surface area (Å²) >= 11 is 0. The Labute approximate surface area is 118 Å². The third kappa shape index (κ3) is 2.16. The molecule has 0 radical (unpaired) electrons. The average Bonchev–Trinajstić information content (AvgIpc) is 2.46. The Morgan fingerprint density at radius 3 is 2.67 bits per heavy atom. The van der Waals surface area contributed by atoms with Crippen LogP contribution in [-0.2, 0) is 0 Å². The van der Waals surface area contributed by atoms with E-state index < -0.39 is 11.2 Å². The average molecular weight is 284 g/mol. The van der Waals surface area contributed by atoms with Crippen molar-refractivity contribution >= 4 is 10.9 Å². The molecular weight excluding hydrogens is 272 g/mol. The van der Waals surface area contributed by atoms with Gasteiger partial charge in [0, 0.05) is 12.1 Å². The third-order valence-corrected chi connectivity index (χ3v) is 3.19. The molecule has 0 aliphatic rings. The molecule has 0 amide bonds. The molecule has 0 spiro atoms. The summed E-state index contributed by atoms with van der Waals surface area (Å²) in [6.45, 7) is 0. The Kier molecular flexibility index (Phi) is 2.98. The number of fused-ring (bicyclic) bond motifs is 1. The lowest BCUT2D eigenvalue weighted by molar-refractivity contribution is 0.415. The normalized spacial score (nSPS) is 10.7. The number of H-pyrrole nitrogens is 1. The second-order valence-electron chi connectivity index (χ2n) is 4.50. The van der Waals surface area contributed by atoms with Gasteiger partial charge >= 0.3 is 5.69 Å². The molecule has 21 heavy (non-hydrogen) atoms. The first-order valence-electron chi connectivity index (χ1n) is 6.22. The van der Waals surface area contributed by atoms with Gasteiger partial charge < -0.3 is 14.8 Å². The quantitative estimate of drug-likeness (QED) is 0.745. The van der Waals surface area contributed by atoms with Crippen LogP contribution in [0.2, 0.25) is 0 Å². The van der Waals surface area contributed by atoms with Crippen LogP contribution in [0.15, 0.2) is 52.1 Å². The van der Waals surface area contributed by atoms with Crippen molar-refractivity contribution in [2.45, 2.75) is 0 Å². The minimum absolute atomic E-state index is 0.0198. The number of phenols is 1. The van der Waals surface area contributed by atoms with E-state index in [1.54, 1.807) is 30.3 Å². The summed E-state index contributed by atoms with van der Waals surface area (Å²) < 4.78 is 6.05. The first-order chi connectivity index (χ1) is 10.1. The smallest absolute Gasteiger partial charge is 0.333 e. The molecule has 3 aromatic rings. The summed E-state index contributed by atoms with van der Waals surface area (Å²) in [7, 11) is 1.51. The minimum Gasteiger partial charge on any atom is -0.508 e. The van der Waals surface area contributed by atoms with Crippen molar-refractivity contribution in [1.82, 2.24) is 9.55 Å². The molecule has 0 unspecified atom stereocenters. The highest BCUT2D eigenvalue weighted by atomic mass is 16.5. The number of benzene rings is 2. The van der Waals surface area contributed by atoms with E-state index in [2.05, 4.69) is 4.98 Å². The lowest BCUT2D eigenvalue weighted by Crippen LogP contribution is -2.33. The third-order valence-electron chi connectivity index (χ3n) is 3.19. The Bertz CT molecular complexity index is 940. The molecule has 6 nitrogen and oxygen atoms in total. The Balaban J connectivity index is 2.35. The Morgan fingerprint density at radius 1 is 1.14 bits per heavy atom. The second kappa shape index (κ2) is 4.82. The molecule has 1 heterocycles. The molecule has 0 fully saturated rings. The van der Waals surface area contributed by atoms with E-state index in [1.807, 2.05) is 0 Å². The molecule has 0 aliphatic heterocycles. The van der Waals surface area contributed by atoms with E-state index >= 15 is 0 Å². The molecule has 0 bridgehead atoms. The molecule has 0 atom stereocenters. The van der Waals surface area contributed by atoms with Crippen LogP contribution < -0.4 is 16.0 Å².